The maximum absolute atomic E-state index is 5.35. The van der Waals surface area contributed by atoms with E-state index >= 15 is 0 Å². The van der Waals surface area contributed by atoms with Crippen LogP contribution in [0.15, 0.2) is 30.5 Å². The van der Waals surface area contributed by atoms with Crippen LogP contribution in [-0.4, -0.2) is 17.8 Å². The van der Waals surface area contributed by atoms with E-state index in [-0.39, 0.29) is 0 Å². The minimum atomic E-state index is 0.811. The van der Waals surface area contributed by atoms with E-state index in [1.165, 1.54) is 16.5 Å². The second-order valence-corrected chi connectivity index (χ2v) is 4.12. The largest absolute Gasteiger partial charge is 0.382 e. The average molecular weight is 217 g/mol. The Morgan fingerprint density at radius 3 is 2.94 bits per heavy atom. The van der Waals surface area contributed by atoms with Crippen molar-refractivity contribution >= 4 is 10.9 Å². The number of hydrogen-bond acceptors (Lipinski definition) is 1. The summed E-state index contributed by atoms with van der Waals surface area (Å²) in [4.78, 5) is 0. The first kappa shape index (κ1) is 11.2. The molecule has 0 N–H and O–H groups in total. The minimum Gasteiger partial charge on any atom is -0.382 e. The lowest BCUT2D eigenvalue weighted by atomic mass is 10.2. The molecule has 2 heteroatoms. The molecule has 2 rings (SSSR count). The van der Waals surface area contributed by atoms with Crippen molar-refractivity contribution in [3.63, 3.8) is 0 Å². The van der Waals surface area contributed by atoms with E-state index in [2.05, 4.69) is 42.0 Å². The molecular weight excluding hydrogens is 198 g/mol. The number of aromatic nitrogens is 1. The van der Waals surface area contributed by atoms with E-state index in [0.717, 1.165) is 26.2 Å². The van der Waals surface area contributed by atoms with Gasteiger partial charge in [-0.25, -0.2) is 0 Å². The number of benzene rings is 1. The third-order valence-corrected chi connectivity index (χ3v) is 2.82. The van der Waals surface area contributed by atoms with Crippen molar-refractivity contribution in [2.75, 3.05) is 13.2 Å². The van der Waals surface area contributed by atoms with Crippen LogP contribution in [0.2, 0.25) is 0 Å². The van der Waals surface area contributed by atoms with Crippen molar-refractivity contribution in [3.8, 4) is 0 Å². The van der Waals surface area contributed by atoms with Crippen molar-refractivity contribution in [2.45, 2.75) is 26.8 Å². The second-order valence-electron chi connectivity index (χ2n) is 4.12. The van der Waals surface area contributed by atoms with Crippen molar-refractivity contribution in [2.24, 2.45) is 0 Å². The second kappa shape index (κ2) is 5.17. The first-order valence-electron chi connectivity index (χ1n) is 5.94. The van der Waals surface area contributed by atoms with Gasteiger partial charge in [-0.15, -0.1) is 0 Å². The van der Waals surface area contributed by atoms with Gasteiger partial charge in [0.1, 0.15) is 0 Å². The van der Waals surface area contributed by atoms with Gasteiger partial charge in [0, 0.05) is 31.5 Å². The number of rotatable bonds is 5. The molecule has 0 atom stereocenters. The normalized spacial score (nSPS) is 11.1. The lowest BCUT2D eigenvalue weighted by molar-refractivity contribution is 0.142. The Labute approximate surface area is 96.8 Å². The van der Waals surface area contributed by atoms with Crippen molar-refractivity contribution < 1.29 is 4.74 Å². The highest BCUT2D eigenvalue weighted by molar-refractivity contribution is 5.80. The van der Waals surface area contributed by atoms with Crippen LogP contribution >= 0.6 is 0 Å². The summed E-state index contributed by atoms with van der Waals surface area (Å²) in [6.07, 6.45) is 3.24. The molecule has 0 saturated heterocycles. The standard InChI is InChI=1S/C14H19NO/c1-3-16-10-4-8-15-9-7-13-11-12(2)5-6-14(13)15/h5-7,9,11H,3-4,8,10H2,1-2H3. The zero-order chi connectivity index (χ0) is 11.4. The van der Waals surface area contributed by atoms with Gasteiger partial charge < -0.3 is 9.30 Å². The Kier molecular flexibility index (Phi) is 3.62. The van der Waals surface area contributed by atoms with E-state index in [1.807, 2.05) is 6.92 Å². The number of hydrogen-bond donors (Lipinski definition) is 0. The maximum Gasteiger partial charge on any atom is 0.0482 e. The van der Waals surface area contributed by atoms with Crippen LogP contribution in [0.3, 0.4) is 0 Å². The first-order chi connectivity index (χ1) is 7.81. The van der Waals surface area contributed by atoms with E-state index in [4.69, 9.17) is 4.74 Å². The SMILES string of the molecule is CCOCCCn1ccc2cc(C)ccc21. The number of fused-ring (bicyclic) bond motifs is 1. The molecule has 1 aromatic carbocycles. The van der Waals surface area contributed by atoms with Gasteiger partial charge in [-0.1, -0.05) is 11.6 Å². The number of aryl methyl sites for hydroxylation is 2. The van der Waals surface area contributed by atoms with Crippen LogP contribution in [0.25, 0.3) is 10.9 Å². The molecule has 2 nitrogen and oxygen atoms in total. The van der Waals surface area contributed by atoms with E-state index < -0.39 is 0 Å². The molecule has 0 spiro atoms. The molecule has 16 heavy (non-hydrogen) atoms. The zero-order valence-electron chi connectivity index (χ0n) is 10.1. The van der Waals surface area contributed by atoms with Crippen molar-refractivity contribution in [1.82, 2.24) is 4.57 Å². The fourth-order valence-electron chi connectivity index (χ4n) is 2.00. The van der Waals surface area contributed by atoms with Crippen molar-refractivity contribution in [1.29, 1.82) is 0 Å². The molecule has 0 amide bonds. The predicted molar refractivity (Wildman–Crippen MR) is 67.8 cm³/mol. The van der Waals surface area contributed by atoms with Gasteiger partial charge in [-0.3, -0.25) is 0 Å². The van der Waals surface area contributed by atoms with Gasteiger partial charge in [0.15, 0.2) is 0 Å². The monoisotopic (exact) mass is 217 g/mol. The lowest BCUT2D eigenvalue weighted by Crippen LogP contribution is -2.01. The third kappa shape index (κ3) is 2.45. The van der Waals surface area contributed by atoms with Gasteiger partial charge >= 0.3 is 0 Å². The minimum absolute atomic E-state index is 0.811. The molecule has 1 heterocycles. The summed E-state index contributed by atoms with van der Waals surface area (Å²) in [6, 6.07) is 8.78. The Balaban J connectivity index is 2.07. The molecule has 0 aliphatic rings. The molecule has 0 aliphatic carbocycles. The predicted octanol–water partition coefficient (Wildman–Crippen LogP) is 3.38. The van der Waals surface area contributed by atoms with Crippen LogP contribution in [0.1, 0.15) is 18.9 Å². The van der Waals surface area contributed by atoms with Crippen LogP contribution in [0, 0.1) is 6.92 Å². The molecule has 0 radical (unpaired) electrons. The maximum atomic E-state index is 5.35. The van der Waals surface area contributed by atoms with Gasteiger partial charge in [0.25, 0.3) is 0 Å². The molecule has 2 aromatic rings. The Morgan fingerprint density at radius 1 is 1.25 bits per heavy atom. The van der Waals surface area contributed by atoms with Crippen LogP contribution in [0.4, 0.5) is 0 Å². The summed E-state index contributed by atoms with van der Waals surface area (Å²) in [6.45, 7) is 6.86. The van der Waals surface area contributed by atoms with Crippen LogP contribution in [-0.2, 0) is 11.3 Å². The molecule has 0 unspecified atom stereocenters. The molecule has 0 saturated carbocycles. The molecule has 0 fully saturated rings. The highest BCUT2D eigenvalue weighted by atomic mass is 16.5. The van der Waals surface area contributed by atoms with Crippen molar-refractivity contribution in [3.05, 3.63) is 36.0 Å². The van der Waals surface area contributed by atoms with Gasteiger partial charge in [-0.2, -0.15) is 0 Å². The lowest BCUT2D eigenvalue weighted by Gasteiger charge is -2.05. The first-order valence-corrected chi connectivity index (χ1v) is 5.94. The zero-order valence-corrected chi connectivity index (χ0v) is 10.1. The third-order valence-electron chi connectivity index (χ3n) is 2.82. The fraction of sp³-hybridized carbons (Fsp3) is 0.429. The van der Waals surface area contributed by atoms with E-state index in [0.29, 0.717) is 0 Å². The molecule has 0 bridgehead atoms. The summed E-state index contributed by atoms with van der Waals surface area (Å²) in [5.74, 6) is 0. The van der Waals surface area contributed by atoms with E-state index in [9.17, 15) is 0 Å². The summed E-state index contributed by atoms with van der Waals surface area (Å²) in [7, 11) is 0. The summed E-state index contributed by atoms with van der Waals surface area (Å²) in [5, 5.41) is 1.33. The van der Waals surface area contributed by atoms with E-state index in [1.54, 1.807) is 0 Å². The smallest absolute Gasteiger partial charge is 0.0482 e. The fourth-order valence-corrected chi connectivity index (χ4v) is 2.00. The summed E-state index contributed by atoms with van der Waals surface area (Å²) >= 11 is 0. The molecular formula is C14H19NO. The molecule has 0 aliphatic heterocycles. The average Bonchev–Trinajstić information content (AvgIpc) is 2.67. The Bertz CT molecular complexity index is 459. The quantitative estimate of drug-likeness (QED) is 0.700. The highest BCUT2D eigenvalue weighted by Crippen LogP contribution is 2.17. The highest BCUT2D eigenvalue weighted by Gasteiger charge is 2.00. The van der Waals surface area contributed by atoms with Crippen LogP contribution in [0.5, 0.6) is 0 Å². The van der Waals surface area contributed by atoms with Gasteiger partial charge in [-0.05, 0) is 43.9 Å². The Hall–Kier alpha value is -1.28. The van der Waals surface area contributed by atoms with Gasteiger partial charge in [0.2, 0.25) is 0 Å². The molecule has 86 valence electrons. The number of nitrogens with zero attached hydrogens (tertiary/aromatic N) is 1. The van der Waals surface area contributed by atoms with Crippen LogP contribution < -0.4 is 0 Å². The number of ether oxygens (including phenoxy) is 1. The van der Waals surface area contributed by atoms with Gasteiger partial charge in [0.05, 0.1) is 0 Å². The topological polar surface area (TPSA) is 14.2 Å². The molecule has 1 aromatic heterocycles. The Morgan fingerprint density at radius 2 is 2.12 bits per heavy atom. The summed E-state index contributed by atoms with van der Waals surface area (Å²) in [5.41, 5.74) is 2.64. The summed E-state index contributed by atoms with van der Waals surface area (Å²) < 4.78 is 7.65.